The maximum Gasteiger partial charge on any atom is 0.0717 e. The molecular formula is C15H21ClO2. The van der Waals surface area contributed by atoms with Gasteiger partial charge in [-0.1, -0.05) is 30.9 Å². The number of ether oxygens (including phenoxy) is 2. The normalized spacial score (nSPS) is 10.5. The second-order valence-electron chi connectivity index (χ2n) is 4.01. The number of benzene rings is 1. The van der Waals surface area contributed by atoms with Crippen molar-refractivity contribution in [2.24, 2.45) is 0 Å². The predicted octanol–water partition coefficient (Wildman–Crippen LogP) is 3.88. The maximum absolute atomic E-state index is 5.61. The molecule has 0 saturated carbocycles. The van der Waals surface area contributed by atoms with Crippen LogP contribution in [0.15, 0.2) is 30.8 Å². The van der Waals surface area contributed by atoms with Crippen molar-refractivity contribution in [1.82, 2.24) is 0 Å². The van der Waals surface area contributed by atoms with E-state index >= 15 is 0 Å². The third-order valence-corrected chi connectivity index (χ3v) is 2.66. The van der Waals surface area contributed by atoms with E-state index in [1.54, 1.807) is 0 Å². The molecule has 1 rings (SSSR count). The molecule has 0 heterocycles. The Morgan fingerprint density at radius 2 is 1.89 bits per heavy atom. The van der Waals surface area contributed by atoms with E-state index < -0.39 is 0 Å². The van der Waals surface area contributed by atoms with Gasteiger partial charge in [-0.2, -0.15) is 0 Å². The zero-order valence-electron chi connectivity index (χ0n) is 10.7. The third-order valence-electron chi connectivity index (χ3n) is 2.50. The lowest BCUT2D eigenvalue weighted by Gasteiger charge is -2.05. The predicted molar refractivity (Wildman–Crippen MR) is 77.0 cm³/mol. The van der Waals surface area contributed by atoms with Crippen molar-refractivity contribution >= 4 is 17.7 Å². The molecule has 3 heteroatoms. The quantitative estimate of drug-likeness (QED) is 0.474. The summed E-state index contributed by atoms with van der Waals surface area (Å²) in [6.45, 7) is 6.58. The van der Waals surface area contributed by atoms with Gasteiger partial charge in [0.05, 0.1) is 13.2 Å². The number of hydrogen-bond acceptors (Lipinski definition) is 2. The lowest BCUT2D eigenvalue weighted by molar-refractivity contribution is 0.0998. The summed E-state index contributed by atoms with van der Waals surface area (Å²) >= 11 is 5.50. The van der Waals surface area contributed by atoms with E-state index in [-0.39, 0.29) is 0 Å². The fourth-order valence-corrected chi connectivity index (χ4v) is 1.67. The molecule has 100 valence electrons. The first kappa shape index (κ1) is 15.2. The smallest absolute Gasteiger partial charge is 0.0717 e. The molecule has 0 aliphatic carbocycles. The van der Waals surface area contributed by atoms with E-state index in [9.17, 15) is 0 Å². The summed E-state index contributed by atoms with van der Waals surface area (Å²) < 4.78 is 10.9. The lowest BCUT2D eigenvalue weighted by Crippen LogP contribution is -2.01. The number of hydrogen-bond donors (Lipinski definition) is 0. The van der Waals surface area contributed by atoms with Gasteiger partial charge in [-0.3, -0.25) is 0 Å². The molecule has 0 aromatic heterocycles. The highest BCUT2D eigenvalue weighted by Gasteiger charge is 1.95. The molecule has 2 nitrogen and oxygen atoms in total. The highest BCUT2D eigenvalue weighted by molar-refractivity contribution is 6.17. The van der Waals surface area contributed by atoms with Gasteiger partial charge in [-0.25, -0.2) is 0 Å². The van der Waals surface area contributed by atoms with Gasteiger partial charge in [0.1, 0.15) is 0 Å². The van der Waals surface area contributed by atoms with E-state index in [0.717, 1.165) is 31.6 Å². The number of rotatable bonds is 10. The summed E-state index contributed by atoms with van der Waals surface area (Å²) in [5.74, 6) is 0.566. The molecule has 0 N–H and O–H groups in total. The van der Waals surface area contributed by atoms with E-state index in [4.69, 9.17) is 21.1 Å². The molecule has 0 bridgehead atoms. The SMILES string of the molecule is C=Cc1cccc(COCCCCOCCCl)c1. The van der Waals surface area contributed by atoms with Crippen molar-refractivity contribution in [1.29, 1.82) is 0 Å². The number of alkyl halides is 1. The summed E-state index contributed by atoms with van der Waals surface area (Å²) in [7, 11) is 0. The Hall–Kier alpha value is -0.830. The highest BCUT2D eigenvalue weighted by Crippen LogP contribution is 2.07. The summed E-state index contributed by atoms with van der Waals surface area (Å²) in [6, 6.07) is 8.22. The van der Waals surface area contributed by atoms with Gasteiger partial charge in [0.25, 0.3) is 0 Å². The third kappa shape index (κ3) is 6.80. The molecule has 0 amide bonds. The molecule has 1 aromatic rings. The molecule has 0 aliphatic rings. The Balaban J connectivity index is 2.05. The summed E-state index contributed by atoms with van der Waals surface area (Å²) in [5.41, 5.74) is 2.32. The molecule has 0 radical (unpaired) electrons. The first-order valence-electron chi connectivity index (χ1n) is 6.29. The lowest BCUT2D eigenvalue weighted by atomic mass is 10.1. The fraction of sp³-hybridized carbons (Fsp3) is 0.467. The summed E-state index contributed by atoms with van der Waals surface area (Å²) in [6.07, 6.45) is 3.88. The molecule has 0 saturated heterocycles. The van der Waals surface area contributed by atoms with Gasteiger partial charge in [-0.15, -0.1) is 11.6 Å². The van der Waals surface area contributed by atoms with Crippen LogP contribution in [0.4, 0.5) is 0 Å². The Labute approximate surface area is 115 Å². The minimum atomic E-state index is 0.566. The van der Waals surface area contributed by atoms with Crippen molar-refractivity contribution in [3.63, 3.8) is 0 Å². The van der Waals surface area contributed by atoms with E-state index in [1.165, 1.54) is 5.56 Å². The van der Waals surface area contributed by atoms with Crippen LogP contribution in [-0.2, 0) is 16.1 Å². The summed E-state index contributed by atoms with van der Waals surface area (Å²) in [5, 5.41) is 0. The van der Waals surface area contributed by atoms with Crippen LogP contribution in [-0.4, -0.2) is 25.7 Å². The van der Waals surface area contributed by atoms with E-state index in [1.807, 2.05) is 18.2 Å². The molecule has 0 unspecified atom stereocenters. The van der Waals surface area contributed by atoms with Crippen LogP contribution in [0, 0.1) is 0 Å². The van der Waals surface area contributed by atoms with Crippen LogP contribution in [0.5, 0.6) is 0 Å². The largest absolute Gasteiger partial charge is 0.380 e. The highest BCUT2D eigenvalue weighted by atomic mass is 35.5. The standard InChI is InChI=1S/C15H21ClO2/c1-2-14-6-5-7-15(12-14)13-18-10-4-3-9-17-11-8-16/h2,5-7,12H,1,3-4,8-11,13H2. The molecule has 1 aromatic carbocycles. The molecule has 0 spiro atoms. The maximum atomic E-state index is 5.61. The monoisotopic (exact) mass is 268 g/mol. The second kappa shape index (κ2) is 10.1. The molecule has 18 heavy (non-hydrogen) atoms. The van der Waals surface area contributed by atoms with Gasteiger partial charge >= 0.3 is 0 Å². The van der Waals surface area contributed by atoms with Gasteiger partial charge in [0.15, 0.2) is 0 Å². The van der Waals surface area contributed by atoms with Crippen molar-refractivity contribution < 1.29 is 9.47 Å². The first-order valence-corrected chi connectivity index (χ1v) is 6.83. The van der Waals surface area contributed by atoms with Gasteiger partial charge in [-0.05, 0) is 30.0 Å². The fourth-order valence-electron chi connectivity index (χ4n) is 1.56. The molecule has 0 atom stereocenters. The van der Waals surface area contributed by atoms with Crippen LogP contribution in [0.2, 0.25) is 0 Å². The van der Waals surface area contributed by atoms with E-state index in [0.29, 0.717) is 19.1 Å². The Morgan fingerprint density at radius 3 is 2.61 bits per heavy atom. The van der Waals surface area contributed by atoms with Gasteiger partial charge in [0.2, 0.25) is 0 Å². The van der Waals surface area contributed by atoms with Crippen LogP contribution in [0.3, 0.4) is 0 Å². The second-order valence-corrected chi connectivity index (χ2v) is 4.39. The minimum Gasteiger partial charge on any atom is -0.380 e. The Bertz CT molecular complexity index is 339. The van der Waals surface area contributed by atoms with Crippen LogP contribution < -0.4 is 0 Å². The number of unbranched alkanes of at least 4 members (excludes halogenated alkanes) is 1. The van der Waals surface area contributed by atoms with Gasteiger partial charge < -0.3 is 9.47 Å². The molecule has 0 fully saturated rings. The number of halogens is 1. The van der Waals surface area contributed by atoms with Crippen molar-refractivity contribution in [2.45, 2.75) is 19.4 Å². The van der Waals surface area contributed by atoms with Crippen molar-refractivity contribution in [2.75, 3.05) is 25.7 Å². The zero-order chi connectivity index (χ0) is 13.1. The molecular weight excluding hydrogens is 248 g/mol. The topological polar surface area (TPSA) is 18.5 Å². The van der Waals surface area contributed by atoms with Gasteiger partial charge in [0, 0.05) is 19.1 Å². The summed E-state index contributed by atoms with van der Waals surface area (Å²) in [4.78, 5) is 0. The van der Waals surface area contributed by atoms with Crippen molar-refractivity contribution in [3.8, 4) is 0 Å². The minimum absolute atomic E-state index is 0.566. The van der Waals surface area contributed by atoms with E-state index in [2.05, 4.69) is 18.7 Å². The van der Waals surface area contributed by atoms with Crippen LogP contribution in [0.25, 0.3) is 6.08 Å². The zero-order valence-corrected chi connectivity index (χ0v) is 11.5. The first-order chi connectivity index (χ1) is 8.86. The average Bonchev–Trinajstić information content (AvgIpc) is 2.42. The molecule has 0 aliphatic heterocycles. The average molecular weight is 269 g/mol. The Kier molecular flexibility index (Phi) is 8.57. The Morgan fingerprint density at radius 1 is 1.11 bits per heavy atom. The van der Waals surface area contributed by atoms with Crippen LogP contribution in [0.1, 0.15) is 24.0 Å². The van der Waals surface area contributed by atoms with Crippen LogP contribution >= 0.6 is 11.6 Å². The van der Waals surface area contributed by atoms with Crippen molar-refractivity contribution in [3.05, 3.63) is 42.0 Å².